The molecule has 0 fully saturated rings. The Labute approximate surface area is 362 Å². The summed E-state index contributed by atoms with van der Waals surface area (Å²) in [5.41, 5.74) is 19.0. The summed E-state index contributed by atoms with van der Waals surface area (Å²) in [5.74, 6) is 0. The Bertz CT molecular complexity index is 3470. The van der Waals surface area contributed by atoms with Crippen molar-refractivity contribution in [3.8, 4) is 66.8 Å². The predicted molar refractivity (Wildman–Crippen MR) is 261 cm³/mol. The first-order chi connectivity index (χ1) is 31.1. The second kappa shape index (κ2) is 14.1. The molecule has 0 saturated carbocycles. The molecule has 3 heteroatoms. The van der Waals surface area contributed by atoms with E-state index < -0.39 is 0 Å². The van der Waals surface area contributed by atoms with E-state index in [0.717, 1.165) is 116 Å². The van der Waals surface area contributed by atoms with Gasteiger partial charge in [0.05, 0.1) is 0 Å². The number of hydrogen-bond acceptors (Lipinski definition) is 3. The standard InChI is InChI=1S/C60H36O3/c1-4-10-37(11-5-1)40-16-22-55-49(31-40)52-34-43(19-25-58(52)61-55)46-28-47(44-20-26-59-53(35-44)50-32-41(17-23-56(50)62-59)38-12-6-2-7-13-38)30-48(29-46)45-21-27-60-54(36-45)51-33-42(18-24-57(51)63-60)39-14-8-3-9-15-39/h1-36H. The molecule has 0 unspecified atom stereocenters. The van der Waals surface area contributed by atoms with Crippen LogP contribution in [0.2, 0.25) is 0 Å². The lowest BCUT2D eigenvalue weighted by Gasteiger charge is -2.12. The van der Waals surface area contributed by atoms with Crippen molar-refractivity contribution in [3.05, 3.63) is 218 Å². The Kier molecular flexibility index (Phi) is 7.91. The van der Waals surface area contributed by atoms with Crippen molar-refractivity contribution in [1.29, 1.82) is 0 Å². The molecule has 0 saturated heterocycles. The largest absolute Gasteiger partial charge is 0.456 e. The highest BCUT2D eigenvalue weighted by atomic mass is 16.3. The predicted octanol–water partition coefficient (Wildman–Crippen LogP) is 17.4. The highest BCUT2D eigenvalue weighted by Crippen LogP contribution is 2.41. The first-order valence-electron chi connectivity index (χ1n) is 21.4. The summed E-state index contributed by atoms with van der Waals surface area (Å²) in [6, 6.07) is 77.7. The number of furan rings is 3. The fourth-order valence-electron chi connectivity index (χ4n) is 9.43. The monoisotopic (exact) mass is 804 g/mol. The van der Waals surface area contributed by atoms with Crippen LogP contribution in [-0.4, -0.2) is 0 Å². The van der Waals surface area contributed by atoms with Gasteiger partial charge in [0, 0.05) is 32.3 Å². The van der Waals surface area contributed by atoms with E-state index in [-0.39, 0.29) is 0 Å². The topological polar surface area (TPSA) is 39.4 Å². The van der Waals surface area contributed by atoms with Gasteiger partial charge in [-0.1, -0.05) is 127 Å². The van der Waals surface area contributed by atoms with Gasteiger partial charge in [0.25, 0.3) is 0 Å². The van der Waals surface area contributed by atoms with Crippen molar-refractivity contribution in [3.63, 3.8) is 0 Å². The molecular formula is C60H36O3. The average Bonchev–Trinajstić information content (AvgIpc) is 4.04. The van der Waals surface area contributed by atoms with Crippen molar-refractivity contribution in [1.82, 2.24) is 0 Å². The molecule has 3 nitrogen and oxygen atoms in total. The highest BCUT2D eigenvalue weighted by molar-refractivity contribution is 6.10. The van der Waals surface area contributed by atoms with E-state index in [4.69, 9.17) is 13.3 Å². The highest BCUT2D eigenvalue weighted by Gasteiger charge is 2.16. The molecule has 0 amide bonds. The molecule has 294 valence electrons. The van der Waals surface area contributed by atoms with Crippen LogP contribution in [0.1, 0.15) is 0 Å². The van der Waals surface area contributed by atoms with Gasteiger partial charge < -0.3 is 13.3 Å². The lowest BCUT2D eigenvalue weighted by atomic mass is 9.91. The molecular weight excluding hydrogens is 769 g/mol. The second-order valence-corrected chi connectivity index (χ2v) is 16.5. The van der Waals surface area contributed by atoms with Gasteiger partial charge in [-0.15, -0.1) is 0 Å². The minimum absolute atomic E-state index is 0.870. The first kappa shape index (κ1) is 35.4. The normalized spacial score (nSPS) is 11.8. The summed E-state index contributed by atoms with van der Waals surface area (Å²) in [6.07, 6.45) is 0. The molecule has 0 aliphatic rings. The Morgan fingerprint density at radius 2 is 0.365 bits per heavy atom. The van der Waals surface area contributed by atoms with Crippen LogP contribution >= 0.6 is 0 Å². The third-order valence-corrected chi connectivity index (χ3v) is 12.7. The fraction of sp³-hybridized carbons (Fsp3) is 0. The molecule has 13 aromatic rings. The molecule has 0 aliphatic carbocycles. The van der Waals surface area contributed by atoms with Crippen LogP contribution in [0, 0.1) is 0 Å². The molecule has 3 aromatic heterocycles. The van der Waals surface area contributed by atoms with Gasteiger partial charge in [0.2, 0.25) is 0 Å². The van der Waals surface area contributed by atoms with Crippen molar-refractivity contribution in [2.75, 3.05) is 0 Å². The third kappa shape index (κ3) is 6.05. The molecule has 0 atom stereocenters. The van der Waals surface area contributed by atoms with Crippen molar-refractivity contribution >= 4 is 65.8 Å². The quantitative estimate of drug-likeness (QED) is 0.168. The van der Waals surface area contributed by atoms with Crippen molar-refractivity contribution < 1.29 is 13.3 Å². The van der Waals surface area contributed by atoms with E-state index in [1.54, 1.807) is 0 Å². The van der Waals surface area contributed by atoms with Gasteiger partial charge in [0.1, 0.15) is 33.5 Å². The van der Waals surface area contributed by atoms with Crippen molar-refractivity contribution in [2.24, 2.45) is 0 Å². The van der Waals surface area contributed by atoms with Crippen LogP contribution in [-0.2, 0) is 0 Å². The van der Waals surface area contributed by atoms with Crippen LogP contribution in [0.4, 0.5) is 0 Å². The zero-order valence-corrected chi connectivity index (χ0v) is 34.0. The summed E-state index contributed by atoms with van der Waals surface area (Å²) in [4.78, 5) is 0. The van der Waals surface area contributed by atoms with Crippen LogP contribution in [0.15, 0.2) is 232 Å². The molecule has 0 aliphatic heterocycles. The summed E-state index contributed by atoms with van der Waals surface area (Å²) in [5, 5.41) is 6.58. The maximum absolute atomic E-state index is 6.41. The summed E-state index contributed by atoms with van der Waals surface area (Å²) in [6.45, 7) is 0. The smallest absolute Gasteiger partial charge is 0.135 e. The summed E-state index contributed by atoms with van der Waals surface area (Å²) in [7, 11) is 0. The van der Waals surface area contributed by atoms with E-state index in [0.29, 0.717) is 0 Å². The maximum atomic E-state index is 6.41. The Balaban J connectivity index is 0.995. The first-order valence-corrected chi connectivity index (χ1v) is 21.4. The molecule has 63 heavy (non-hydrogen) atoms. The van der Waals surface area contributed by atoms with Gasteiger partial charge in [-0.25, -0.2) is 0 Å². The van der Waals surface area contributed by atoms with Crippen LogP contribution in [0.5, 0.6) is 0 Å². The number of rotatable bonds is 6. The number of benzene rings is 10. The Hall–Kier alpha value is -8.40. The van der Waals surface area contributed by atoms with Gasteiger partial charge >= 0.3 is 0 Å². The van der Waals surface area contributed by atoms with Gasteiger partial charge in [0.15, 0.2) is 0 Å². The van der Waals surface area contributed by atoms with E-state index >= 15 is 0 Å². The second-order valence-electron chi connectivity index (χ2n) is 16.5. The summed E-state index contributed by atoms with van der Waals surface area (Å²) < 4.78 is 19.2. The maximum Gasteiger partial charge on any atom is 0.135 e. The van der Waals surface area contributed by atoms with E-state index in [9.17, 15) is 0 Å². The molecule has 3 heterocycles. The lowest BCUT2D eigenvalue weighted by molar-refractivity contribution is 0.668. The average molecular weight is 805 g/mol. The van der Waals surface area contributed by atoms with Gasteiger partial charge in [-0.3, -0.25) is 0 Å². The molecule has 0 spiro atoms. The van der Waals surface area contributed by atoms with E-state index in [2.05, 4.69) is 218 Å². The van der Waals surface area contributed by atoms with Crippen molar-refractivity contribution in [2.45, 2.75) is 0 Å². The minimum Gasteiger partial charge on any atom is -0.456 e. The number of hydrogen-bond donors (Lipinski definition) is 0. The lowest BCUT2D eigenvalue weighted by Crippen LogP contribution is -1.87. The molecule has 13 rings (SSSR count). The summed E-state index contributed by atoms with van der Waals surface area (Å²) >= 11 is 0. The SMILES string of the molecule is c1ccc(-c2ccc3oc4ccc(-c5cc(-c6ccc7oc8ccc(-c9ccccc9)cc8c7c6)cc(-c6ccc7oc8ccc(-c9ccccc9)cc8c7c6)c5)cc4c3c2)cc1. The van der Waals surface area contributed by atoms with Gasteiger partial charge in [-0.2, -0.15) is 0 Å². The zero-order chi connectivity index (χ0) is 41.4. The van der Waals surface area contributed by atoms with E-state index in [1.165, 1.54) is 16.7 Å². The molecule has 0 N–H and O–H groups in total. The minimum atomic E-state index is 0.870. The van der Waals surface area contributed by atoms with Gasteiger partial charge in [-0.05, 0) is 158 Å². The number of fused-ring (bicyclic) bond motifs is 9. The molecule has 0 bridgehead atoms. The molecule has 10 aromatic carbocycles. The third-order valence-electron chi connectivity index (χ3n) is 12.7. The zero-order valence-electron chi connectivity index (χ0n) is 34.0. The fourth-order valence-corrected chi connectivity index (χ4v) is 9.43. The Morgan fingerprint density at radius 1 is 0.159 bits per heavy atom. The molecule has 0 radical (unpaired) electrons. The van der Waals surface area contributed by atoms with E-state index in [1.807, 2.05) is 0 Å². The Morgan fingerprint density at radius 3 is 0.587 bits per heavy atom. The van der Waals surface area contributed by atoms with Crippen LogP contribution in [0.25, 0.3) is 133 Å². The van der Waals surface area contributed by atoms with Crippen LogP contribution < -0.4 is 0 Å². The van der Waals surface area contributed by atoms with Crippen LogP contribution in [0.3, 0.4) is 0 Å².